The molecule has 0 spiro atoms. The van der Waals surface area contributed by atoms with E-state index in [0.717, 1.165) is 110 Å². The Balaban J connectivity index is 0. The summed E-state index contributed by atoms with van der Waals surface area (Å²) in [4.78, 5) is 61.0. The fraction of sp³-hybridized carbons (Fsp3) is 0.961. The third kappa shape index (κ3) is 84.7. The monoisotopic (exact) mass is 1610 g/mol. The second kappa shape index (κ2) is 93.0. The predicted molar refractivity (Wildman–Crippen MR) is 496 cm³/mol. The van der Waals surface area contributed by atoms with Crippen molar-refractivity contribution >= 4 is 23.9 Å². The summed E-state index contributed by atoms with van der Waals surface area (Å²) in [6.45, 7) is 29.6. The van der Waals surface area contributed by atoms with E-state index in [4.69, 9.17) is 18.9 Å². The maximum atomic E-state index is 12.9. The Morgan fingerprint density at radius 3 is 0.658 bits per heavy atom. The van der Waals surface area contributed by atoms with E-state index in [-0.39, 0.29) is 35.7 Å². The molecule has 680 valence electrons. The van der Waals surface area contributed by atoms with Crippen LogP contribution in [0.15, 0.2) is 0 Å². The Morgan fingerprint density at radius 1 is 0.211 bits per heavy atom. The zero-order chi connectivity index (χ0) is 83.7. The first-order chi connectivity index (χ1) is 55.7. The molecule has 114 heavy (non-hydrogen) atoms. The van der Waals surface area contributed by atoms with Crippen LogP contribution in [-0.2, 0) is 38.1 Å². The standard InChI is InChI=1S/C54H108N2O4.C48H96N2O4/c1-7-11-15-19-27-35-43-51(41-33-17-13-9-3)53(57)59-49-39-31-25-21-23-29-37-45-56(48-47-55(5)6)46-38-30-24-22-26-32-40-50-60-54(58)52(42-34-18-14-10-4)44-36-28-20-16-12-8-2;1-7-11-15-19-21-27-35-45(33-25-17-13-9-3)43-53-47(51)37-29-23-31-39-50(42-41-49(5)6)40-32-24-30-38-48(52)54-44-46(34-26-18-14-10-4)36-28-22-20-16-12-8-2/h51-52H,7-50H2,1-6H3;45-46H,7-44H2,1-6H3. The summed E-state index contributed by atoms with van der Waals surface area (Å²) in [6, 6.07) is 0. The number of carbonyl (C=O) groups is 4. The number of hydrogen-bond donors (Lipinski definition) is 0. The number of carbonyl (C=O) groups excluding carboxylic acids is 4. The Morgan fingerprint density at radius 2 is 0.412 bits per heavy atom. The minimum atomic E-state index is -0.000191. The molecular formula is C102H204N4O8. The third-order valence-corrected chi connectivity index (χ3v) is 24.3. The minimum Gasteiger partial charge on any atom is -0.465 e. The van der Waals surface area contributed by atoms with Gasteiger partial charge in [-0.15, -0.1) is 0 Å². The van der Waals surface area contributed by atoms with Gasteiger partial charge in [-0.3, -0.25) is 19.2 Å². The third-order valence-electron chi connectivity index (χ3n) is 24.3. The maximum Gasteiger partial charge on any atom is 0.308 e. The van der Waals surface area contributed by atoms with E-state index in [1.807, 2.05) is 0 Å². The number of rotatable bonds is 92. The van der Waals surface area contributed by atoms with Gasteiger partial charge in [0.05, 0.1) is 38.3 Å². The summed E-state index contributed by atoms with van der Waals surface area (Å²) in [5.41, 5.74) is 0. The van der Waals surface area contributed by atoms with Crippen molar-refractivity contribution in [1.82, 2.24) is 19.6 Å². The summed E-state index contributed by atoms with van der Waals surface area (Å²) in [5.74, 6) is 1.47. The summed E-state index contributed by atoms with van der Waals surface area (Å²) < 4.78 is 23.3. The van der Waals surface area contributed by atoms with Gasteiger partial charge < -0.3 is 38.5 Å². The SMILES string of the molecule is CCCCCCCCC(CCCCCC)C(=O)OCCCCCCCCCN(CCCCCCCCCOC(=O)C(CCCCCC)CCCCCCCC)CCN(C)C.CCCCCCCCC(CCCCCC)COC(=O)CCCCCN(CCCCCC(=O)OCC(CCCCCC)CCCCCCCC)CCN(C)C. The second-order valence-electron chi connectivity index (χ2n) is 36.3. The van der Waals surface area contributed by atoms with Gasteiger partial charge in [0, 0.05) is 39.0 Å². The maximum absolute atomic E-state index is 12.9. The van der Waals surface area contributed by atoms with E-state index in [1.54, 1.807) is 0 Å². The molecule has 0 radical (unpaired) electrons. The number of ether oxygens (including phenoxy) is 4. The van der Waals surface area contributed by atoms with Crippen LogP contribution in [0.4, 0.5) is 0 Å². The van der Waals surface area contributed by atoms with E-state index in [2.05, 4.69) is 103 Å². The highest BCUT2D eigenvalue weighted by molar-refractivity contribution is 5.73. The van der Waals surface area contributed by atoms with Crippen molar-refractivity contribution in [2.24, 2.45) is 23.7 Å². The van der Waals surface area contributed by atoms with Gasteiger partial charge in [-0.1, -0.05) is 389 Å². The molecule has 0 fully saturated rings. The van der Waals surface area contributed by atoms with Crippen molar-refractivity contribution in [3.8, 4) is 0 Å². The summed E-state index contributed by atoms with van der Waals surface area (Å²) in [6.07, 6.45) is 84.9. The molecule has 0 saturated carbocycles. The normalized spacial score (nSPS) is 12.8. The fourth-order valence-electron chi connectivity index (χ4n) is 16.2. The smallest absolute Gasteiger partial charge is 0.308 e. The van der Waals surface area contributed by atoms with Crippen molar-refractivity contribution in [3.05, 3.63) is 0 Å². The van der Waals surface area contributed by atoms with Crippen LogP contribution in [0, 0.1) is 23.7 Å². The molecular weight excluding hydrogens is 1410 g/mol. The summed E-state index contributed by atoms with van der Waals surface area (Å²) in [7, 11) is 8.66. The molecule has 0 bridgehead atoms. The number of unbranched alkanes of at least 4 members (excludes halogenated alkanes) is 48. The van der Waals surface area contributed by atoms with Crippen LogP contribution in [0.3, 0.4) is 0 Å². The van der Waals surface area contributed by atoms with E-state index in [1.165, 1.54) is 379 Å². The van der Waals surface area contributed by atoms with Gasteiger partial charge in [-0.25, -0.2) is 0 Å². The Bertz CT molecular complexity index is 1820. The van der Waals surface area contributed by atoms with Crippen molar-refractivity contribution in [3.63, 3.8) is 0 Å². The zero-order valence-corrected chi connectivity index (χ0v) is 79.3. The highest BCUT2D eigenvalue weighted by Gasteiger charge is 2.22. The molecule has 0 heterocycles. The average molecular weight is 1610 g/mol. The molecule has 0 aromatic heterocycles. The Kier molecular flexibility index (Phi) is 92.8. The van der Waals surface area contributed by atoms with E-state index < -0.39 is 0 Å². The molecule has 0 rings (SSSR count). The molecule has 0 aliphatic rings. The second-order valence-corrected chi connectivity index (χ2v) is 36.3. The van der Waals surface area contributed by atoms with Crippen LogP contribution in [0.2, 0.25) is 0 Å². The van der Waals surface area contributed by atoms with Crippen LogP contribution in [-0.4, -0.2) is 150 Å². The molecule has 0 saturated heterocycles. The molecule has 4 unspecified atom stereocenters. The summed E-state index contributed by atoms with van der Waals surface area (Å²) in [5, 5.41) is 0. The van der Waals surface area contributed by atoms with Crippen molar-refractivity contribution in [2.75, 3.05) is 107 Å². The van der Waals surface area contributed by atoms with Gasteiger partial charge in [0.2, 0.25) is 0 Å². The molecule has 0 N–H and O–H groups in total. The quantitative estimate of drug-likeness (QED) is 0.0328. The number of hydrogen-bond acceptors (Lipinski definition) is 12. The average Bonchev–Trinajstić information content (AvgIpc) is 0.948. The van der Waals surface area contributed by atoms with Crippen LogP contribution >= 0.6 is 0 Å². The minimum absolute atomic E-state index is 0.000191. The highest BCUT2D eigenvalue weighted by Crippen LogP contribution is 2.26. The van der Waals surface area contributed by atoms with Crippen LogP contribution in [0.5, 0.6) is 0 Å². The Labute approximate surface area is 713 Å². The van der Waals surface area contributed by atoms with Gasteiger partial charge in [0.15, 0.2) is 0 Å². The van der Waals surface area contributed by atoms with E-state index in [0.29, 0.717) is 51.1 Å². The predicted octanol–water partition coefficient (Wildman–Crippen LogP) is 29.8. The first kappa shape index (κ1) is 114. The van der Waals surface area contributed by atoms with Gasteiger partial charge in [-0.2, -0.15) is 0 Å². The van der Waals surface area contributed by atoms with Gasteiger partial charge >= 0.3 is 23.9 Å². The van der Waals surface area contributed by atoms with Gasteiger partial charge in [0.1, 0.15) is 0 Å². The zero-order valence-electron chi connectivity index (χ0n) is 79.3. The lowest BCUT2D eigenvalue weighted by Gasteiger charge is -2.24. The number of likely N-dealkylation sites (N-methyl/N-ethyl adjacent to an activating group) is 2. The number of esters is 4. The van der Waals surface area contributed by atoms with Crippen molar-refractivity contribution < 1.29 is 38.1 Å². The topological polar surface area (TPSA) is 118 Å². The summed E-state index contributed by atoms with van der Waals surface area (Å²) >= 11 is 0. The lowest BCUT2D eigenvalue weighted by atomic mass is 9.94. The highest BCUT2D eigenvalue weighted by atomic mass is 16.5. The van der Waals surface area contributed by atoms with Gasteiger partial charge in [-0.05, 0) is 169 Å². The Hall–Kier alpha value is -2.28. The first-order valence-electron chi connectivity index (χ1n) is 51.1. The fourth-order valence-corrected chi connectivity index (χ4v) is 16.2. The molecule has 4 atom stereocenters. The first-order valence-corrected chi connectivity index (χ1v) is 51.1. The van der Waals surface area contributed by atoms with Crippen LogP contribution in [0.25, 0.3) is 0 Å². The molecule has 0 amide bonds. The van der Waals surface area contributed by atoms with Crippen LogP contribution < -0.4 is 0 Å². The molecule has 0 aromatic carbocycles. The lowest BCUT2D eigenvalue weighted by Crippen LogP contribution is -2.33. The molecule has 0 aliphatic heterocycles. The lowest BCUT2D eigenvalue weighted by molar-refractivity contribution is -0.150. The number of nitrogens with zero attached hydrogens (tertiary/aromatic N) is 4. The van der Waals surface area contributed by atoms with E-state index >= 15 is 0 Å². The van der Waals surface area contributed by atoms with E-state index in [9.17, 15) is 19.2 Å². The molecule has 0 aliphatic carbocycles. The van der Waals surface area contributed by atoms with Crippen molar-refractivity contribution in [2.45, 2.75) is 505 Å². The largest absolute Gasteiger partial charge is 0.465 e. The molecule has 12 heteroatoms. The van der Waals surface area contributed by atoms with Crippen molar-refractivity contribution in [1.29, 1.82) is 0 Å². The van der Waals surface area contributed by atoms with Gasteiger partial charge in [0.25, 0.3) is 0 Å². The molecule has 0 aromatic rings. The molecule has 12 nitrogen and oxygen atoms in total. The van der Waals surface area contributed by atoms with Crippen LogP contribution in [0.1, 0.15) is 505 Å².